The molecule has 16 heavy (non-hydrogen) atoms. The van der Waals surface area contributed by atoms with Gasteiger partial charge in [0.2, 0.25) is 0 Å². The van der Waals surface area contributed by atoms with Crippen LogP contribution in [0.1, 0.15) is 12.0 Å². The summed E-state index contributed by atoms with van der Waals surface area (Å²) in [5, 5.41) is 3.96. The normalized spacial score (nSPS) is 28.0. The van der Waals surface area contributed by atoms with Crippen molar-refractivity contribution in [3.05, 3.63) is 33.5 Å². The van der Waals surface area contributed by atoms with Gasteiger partial charge in [-0.1, -0.05) is 17.7 Å². The summed E-state index contributed by atoms with van der Waals surface area (Å²) in [5.74, 6) is 1.49. The van der Waals surface area contributed by atoms with E-state index in [0.29, 0.717) is 11.1 Å². The van der Waals surface area contributed by atoms with Crippen molar-refractivity contribution in [3.8, 4) is 0 Å². The van der Waals surface area contributed by atoms with Gasteiger partial charge in [-0.2, -0.15) is 0 Å². The lowest BCUT2D eigenvalue weighted by molar-refractivity contribution is 0.536. The van der Waals surface area contributed by atoms with Crippen molar-refractivity contribution in [1.82, 2.24) is 10.3 Å². The summed E-state index contributed by atoms with van der Waals surface area (Å²) in [6, 6.07) is 2.07. The lowest BCUT2D eigenvalue weighted by Crippen LogP contribution is -2.09. The highest BCUT2D eigenvalue weighted by atomic mass is 79.9. The molecule has 1 aromatic rings. The molecule has 0 spiro atoms. The second-order valence-corrected chi connectivity index (χ2v) is 5.69. The van der Waals surface area contributed by atoms with E-state index in [1.807, 2.05) is 6.20 Å². The lowest BCUT2D eigenvalue weighted by Gasteiger charge is -2.07. The van der Waals surface area contributed by atoms with Crippen LogP contribution in [0.25, 0.3) is 5.57 Å². The Morgan fingerprint density at radius 1 is 1.44 bits per heavy atom. The topological polar surface area (TPSA) is 24.9 Å². The van der Waals surface area contributed by atoms with Gasteiger partial charge in [0.1, 0.15) is 5.15 Å². The molecule has 2 nitrogen and oxygen atoms in total. The third-order valence-corrected chi connectivity index (χ3v) is 4.59. The quantitative estimate of drug-likeness (QED) is 0.806. The first-order valence-corrected chi connectivity index (χ1v) is 6.64. The minimum atomic E-state index is 0.532. The maximum absolute atomic E-state index is 5.90. The molecular formula is C12H12BrClN2. The molecule has 4 heteroatoms. The molecule has 84 valence electrons. The number of halogens is 2. The van der Waals surface area contributed by atoms with Gasteiger partial charge in [-0.05, 0) is 57.9 Å². The first-order valence-electron chi connectivity index (χ1n) is 5.47. The zero-order chi connectivity index (χ0) is 11.1. The highest BCUT2D eigenvalue weighted by Gasteiger charge is 2.31. The molecule has 0 saturated carbocycles. The Hall–Kier alpha value is -0.380. The molecule has 0 radical (unpaired) electrons. The molecule has 1 saturated heterocycles. The fourth-order valence-electron chi connectivity index (χ4n) is 2.59. The predicted octanol–water partition coefficient (Wildman–Crippen LogP) is 3.12. The Kier molecular flexibility index (Phi) is 2.78. The highest BCUT2D eigenvalue weighted by Crippen LogP contribution is 2.38. The van der Waals surface area contributed by atoms with E-state index >= 15 is 0 Å². The summed E-state index contributed by atoms with van der Waals surface area (Å²) in [4.78, 5) is 4.18. The standard InChI is InChI=1S/C12H12BrClN2/c13-11-3-10(6-16-12(11)14)7-1-8-4-15-5-9(8)2-7/h1,3,6,8-9,15H,2,4-5H2/t8-,9+/m1/s1. The van der Waals surface area contributed by atoms with E-state index in [1.54, 1.807) is 0 Å². The van der Waals surface area contributed by atoms with Crippen LogP contribution in [0.3, 0.4) is 0 Å². The third kappa shape index (κ3) is 1.81. The van der Waals surface area contributed by atoms with Crippen molar-refractivity contribution in [2.75, 3.05) is 13.1 Å². The second kappa shape index (κ2) is 4.13. The third-order valence-electron chi connectivity index (χ3n) is 3.46. The average Bonchev–Trinajstić information content (AvgIpc) is 2.81. The van der Waals surface area contributed by atoms with Crippen molar-refractivity contribution in [2.24, 2.45) is 11.8 Å². The molecule has 2 atom stereocenters. The van der Waals surface area contributed by atoms with Gasteiger partial charge in [0.15, 0.2) is 0 Å². The minimum Gasteiger partial charge on any atom is -0.316 e. The average molecular weight is 300 g/mol. The first-order chi connectivity index (χ1) is 7.74. The summed E-state index contributed by atoms with van der Waals surface area (Å²) in [7, 11) is 0. The SMILES string of the molecule is Clc1ncc(C2=C[C@@H]3CNC[C@@H]3C2)cc1Br. The van der Waals surface area contributed by atoms with E-state index in [0.717, 1.165) is 29.9 Å². The van der Waals surface area contributed by atoms with Crippen LogP contribution in [-0.2, 0) is 0 Å². The van der Waals surface area contributed by atoms with Crippen LogP contribution in [0, 0.1) is 11.8 Å². The fourth-order valence-corrected chi connectivity index (χ4v) is 3.04. The van der Waals surface area contributed by atoms with E-state index in [-0.39, 0.29) is 0 Å². The van der Waals surface area contributed by atoms with Crippen molar-refractivity contribution >= 4 is 33.1 Å². The number of aromatic nitrogens is 1. The summed E-state index contributed by atoms with van der Waals surface area (Å²) >= 11 is 9.32. The lowest BCUT2D eigenvalue weighted by atomic mass is 9.99. The van der Waals surface area contributed by atoms with Crippen LogP contribution in [0.2, 0.25) is 5.15 Å². The zero-order valence-electron chi connectivity index (χ0n) is 8.71. The van der Waals surface area contributed by atoms with Crippen LogP contribution in [0.5, 0.6) is 0 Å². The summed E-state index contributed by atoms with van der Waals surface area (Å²) in [5.41, 5.74) is 2.62. The number of nitrogens with one attached hydrogen (secondary N) is 1. The number of allylic oxidation sites excluding steroid dienone is 1. The fraction of sp³-hybridized carbons (Fsp3) is 0.417. The van der Waals surface area contributed by atoms with E-state index in [1.165, 1.54) is 11.1 Å². The summed E-state index contributed by atoms with van der Waals surface area (Å²) < 4.78 is 0.878. The zero-order valence-corrected chi connectivity index (χ0v) is 11.1. The number of nitrogens with zero attached hydrogens (tertiary/aromatic N) is 1. The maximum Gasteiger partial charge on any atom is 0.143 e. The number of fused-ring (bicyclic) bond motifs is 1. The Labute approximate surface area is 108 Å². The number of hydrogen-bond acceptors (Lipinski definition) is 2. The van der Waals surface area contributed by atoms with Crippen LogP contribution >= 0.6 is 27.5 Å². The molecule has 1 aromatic heterocycles. The number of pyridine rings is 1. The minimum absolute atomic E-state index is 0.532. The van der Waals surface area contributed by atoms with Gasteiger partial charge in [0, 0.05) is 12.7 Å². The molecule has 2 aliphatic rings. The van der Waals surface area contributed by atoms with Gasteiger partial charge in [-0.15, -0.1) is 0 Å². The Bertz CT molecular complexity index is 458. The van der Waals surface area contributed by atoms with Gasteiger partial charge in [-0.25, -0.2) is 4.98 Å². The van der Waals surface area contributed by atoms with Gasteiger partial charge in [0.05, 0.1) is 4.47 Å². The largest absolute Gasteiger partial charge is 0.316 e. The maximum atomic E-state index is 5.90. The summed E-state index contributed by atoms with van der Waals surface area (Å²) in [6.07, 6.45) is 5.42. The van der Waals surface area contributed by atoms with Gasteiger partial charge >= 0.3 is 0 Å². The molecule has 1 N–H and O–H groups in total. The van der Waals surface area contributed by atoms with Crippen molar-refractivity contribution in [2.45, 2.75) is 6.42 Å². The van der Waals surface area contributed by atoms with Crippen molar-refractivity contribution in [3.63, 3.8) is 0 Å². The Morgan fingerprint density at radius 2 is 2.31 bits per heavy atom. The van der Waals surface area contributed by atoms with Crippen molar-refractivity contribution in [1.29, 1.82) is 0 Å². The molecule has 3 rings (SSSR count). The van der Waals surface area contributed by atoms with Gasteiger partial charge in [0.25, 0.3) is 0 Å². The van der Waals surface area contributed by atoms with Gasteiger partial charge < -0.3 is 5.32 Å². The molecule has 2 heterocycles. The van der Waals surface area contributed by atoms with Crippen LogP contribution in [0.4, 0.5) is 0 Å². The number of hydrogen-bond donors (Lipinski definition) is 1. The second-order valence-electron chi connectivity index (χ2n) is 4.47. The number of rotatable bonds is 1. The first kappa shape index (κ1) is 10.8. The smallest absolute Gasteiger partial charge is 0.143 e. The van der Waals surface area contributed by atoms with Crippen molar-refractivity contribution < 1.29 is 0 Å². The highest BCUT2D eigenvalue weighted by molar-refractivity contribution is 9.10. The monoisotopic (exact) mass is 298 g/mol. The summed E-state index contributed by atoms with van der Waals surface area (Å²) in [6.45, 7) is 2.27. The van der Waals surface area contributed by atoms with E-state index in [4.69, 9.17) is 11.6 Å². The molecule has 1 aliphatic heterocycles. The van der Waals surface area contributed by atoms with Crippen LogP contribution < -0.4 is 5.32 Å². The molecule has 1 aliphatic carbocycles. The van der Waals surface area contributed by atoms with E-state index in [9.17, 15) is 0 Å². The molecular weight excluding hydrogens is 288 g/mol. The Balaban J connectivity index is 1.90. The molecule has 0 amide bonds. The molecule has 0 aromatic carbocycles. The molecule has 1 fully saturated rings. The van der Waals surface area contributed by atoms with E-state index < -0.39 is 0 Å². The van der Waals surface area contributed by atoms with Crippen LogP contribution in [0.15, 0.2) is 22.8 Å². The van der Waals surface area contributed by atoms with E-state index in [2.05, 4.69) is 38.4 Å². The van der Waals surface area contributed by atoms with Crippen LogP contribution in [-0.4, -0.2) is 18.1 Å². The Morgan fingerprint density at radius 3 is 3.06 bits per heavy atom. The predicted molar refractivity (Wildman–Crippen MR) is 69.4 cm³/mol. The molecule has 0 unspecified atom stereocenters. The molecule has 0 bridgehead atoms. The van der Waals surface area contributed by atoms with Gasteiger partial charge in [-0.3, -0.25) is 0 Å².